The second-order valence-electron chi connectivity index (χ2n) is 4.81. The van der Waals surface area contributed by atoms with Crippen LogP contribution in [0.5, 0.6) is 0 Å². The molecule has 2 amide bonds. The van der Waals surface area contributed by atoms with Crippen LogP contribution in [0.2, 0.25) is 0 Å². The van der Waals surface area contributed by atoms with Gasteiger partial charge < -0.3 is 10.2 Å². The third-order valence-corrected chi connectivity index (χ3v) is 3.39. The maximum Gasteiger partial charge on any atom is 0.246 e. The van der Waals surface area contributed by atoms with Crippen LogP contribution in [0.1, 0.15) is 38.4 Å². The molecule has 1 aliphatic rings. The van der Waals surface area contributed by atoms with E-state index in [9.17, 15) is 9.59 Å². The highest BCUT2D eigenvalue weighted by Gasteiger charge is 2.35. The molecular formula is C14H19N3O2. The fourth-order valence-corrected chi connectivity index (χ4v) is 2.33. The van der Waals surface area contributed by atoms with Crippen molar-refractivity contribution in [2.75, 3.05) is 6.54 Å². The number of nitrogens with zero attached hydrogens (tertiary/aromatic N) is 2. The van der Waals surface area contributed by atoms with Gasteiger partial charge in [0.05, 0.1) is 11.7 Å². The molecule has 0 bridgehead atoms. The molecule has 0 spiro atoms. The predicted molar refractivity (Wildman–Crippen MR) is 71.2 cm³/mol. The lowest BCUT2D eigenvalue weighted by Gasteiger charge is -2.36. The molecule has 2 unspecified atom stereocenters. The molecule has 2 heterocycles. The lowest BCUT2D eigenvalue weighted by atomic mass is 10.0. The van der Waals surface area contributed by atoms with Crippen LogP contribution in [0.25, 0.3) is 0 Å². The molecule has 0 saturated carbocycles. The van der Waals surface area contributed by atoms with Gasteiger partial charge >= 0.3 is 0 Å². The molecular weight excluding hydrogens is 242 g/mol. The van der Waals surface area contributed by atoms with E-state index in [0.717, 1.165) is 12.1 Å². The summed E-state index contributed by atoms with van der Waals surface area (Å²) in [4.78, 5) is 29.9. The van der Waals surface area contributed by atoms with Crippen LogP contribution in [0, 0.1) is 0 Å². The lowest BCUT2D eigenvalue weighted by molar-refractivity contribution is -0.146. The number of carbonyl (C=O) groups is 2. The number of amides is 2. The number of pyridine rings is 1. The van der Waals surface area contributed by atoms with E-state index in [4.69, 9.17) is 0 Å². The molecule has 0 radical (unpaired) electrons. The zero-order chi connectivity index (χ0) is 13.8. The van der Waals surface area contributed by atoms with Gasteiger partial charge in [0.1, 0.15) is 12.6 Å². The van der Waals surface area contributed by atoms with Crippen molar-refractivity contribution in [3.8, 4) is 0 Å². The fourth-order valence-electron chi connectivity index (χ4n) is 2.33. The maximum absolute atomic E-state index is 12.4. The van der Waals surface area contributed by atoms with E-state index in [-0.39, 0.29) is 24.4 Å². The van der Waals surface area contributed by atoms with Gasteiger partial charge in [0, 0.05) is 6.20 Å². The smallest absolute Gasteiger partial charge is 0.246 e. The van der Waals surface area contributed by atoms with Crippen molar-refractivity contribution < 1.29 is 9.59 Å². The molecule has 1 aliphatic heterocycles. The lowest BCUT2D eigenvalue weighted by Crippen LogP contribution is -2.58. The first kappa shape index (κ1) is 13.5. The Kier molecular flexibility index (Phi) is 4.14. The van der Waals surface area contributed by atoms with Crippen LogP contribution in [-0.2, 0) is 9.59 Å². The Balaban J connectivity index is 2.18. The highest BCUT2D eigenvalue weighted by molar-refractivity contribution is 5.95. The zero-order valence-corrected chi connectivity index (χ0v) is 11.3. The highest BCUT2D eigenvalue weighted by atomic mass is 16.2. The largest absolute Gasteiger partial charge is 0.343 e. The summed E-state index contributed by atoms with van der Waals surface area (Å²) in [5.74, 6) is -0.111. The predicted octanol–water partition coefficient (Wildman–Crippen LogP) is 1.27. The monoisotopic (exact) mass is 261 g/mol. The SMILES string of the molecule is CCCC1NC(=O)CN(C(C)c2ccccn2)C1=O. The topological polar surface area (TPSA) is 62.3 Å². The van der Waals surface area contributed by atoms with E-state index in [1.165, 1.54) is 0 Å². The van der Waals surface area contributed by atoms with Crippen molar-refractivity contribution in [3.63, 3.8) is 0 Å². The Morgan fingerprint density at radius 2 is 2.26 bits per heavy atom. The zero-order valence-electron chi connectivity index (χ0n) is 11.3. The summed E-state index contributed by atoms with van der Waals surface area (Å²) in [5, 5.41) is 2.75. The van der Waals surface area contributed by atoms with E-state index in [2.05, 4.69) is 10.3 Å². The number of piperazine rings is 1. The summed E-state index contributed by atoms with van der Waals surface area (Å²) in [6, 6.07) is 5.02. The van der Waals surface area contributed by atoms with Crippen molar-refractivity contribution in [1.82, 2.24) is 15.2 Å². The van der Waals surface area contributed by atoms with Gasteiger partial charge in [-0.15, -0.1) is 0 Å². The van der Waals surface area contributed by atoms with Crippen LogP contribution in [0.4, 0.5) is 0 Å². The van der Waals surface area contributed by atoms with Crippen LogP contribution >= 0.6 is 0 Å². The number of aromatic nitrogens is 1. The summed E-state index contributed by atoms with van der Waals surface area (Å²) in [7, 11) is 0. The molecule has 5 heteroatoms. The number of rotatable bonds is 4. The second-order valence-corrected chi connectivity index (χ2v) is 4.81. The third-order valence-electron chi connectivity index (χ3n) is 3.39. The summed E-state index contributed by atoms with van der Waals surface area (Å²) < 4.78 is 0. The third kappa shape index (κ3) is 2.92. The molecule has 19 heavy (non-hydrogen) atoms. The van der Waals surface area contributed by atoms with Gasteiger partial charge in [-0.05, 0) is 25.5 Å². The molecule has 1 aromatic rings. The van der Waals surface area contributed by atoms with Gasteiger partial charge in [-0.3, -0.25) is 14.6 Å². The first-order chi connectivity index (χ1) is 9.13. The summed E-state index contributed by atoms with van der Waals surface area (Å²) in [5.41, 5.74) is 0.806. The van der Waals surface area contributed by atoms with Crippen LogP contribution < -0.4 is 5.32 Å². The number of hydrogen-bond acceptors (Lipinski definition) is 3. The Morgan fingerprint density at radius 1 is 1.47 bits per heavy atom. The van der Waals surface area contributed by atoms with E-state index < -0.39 is 6.04 Å². The Bertz CT molecular complexity index is 461. The first-order valence-electron chi connectivity index (χ1n) is 6.64. The van der Waals surface area contributed by atoms with Crippen LogP contribution in [0.3, 0.4) is 0 Å². The molecule has 102 valence electrons. The summed E-state index contributed by atoms with van der Waals surface area (Å²) >= 11 is 0. The van der Waals surface area contributed by atoms with Gasteiger partial charge in [-0.2, -0.15) is 0 Å². The Labute approximate surface area is 113 Å². The number of carbonyl (C=O) groups excluding carboxylic acids is 2. The average Bonchev–Trinajstić information content (AvgIpc) is 2.43. The molecule has 1 aromatic heterocycles. The van der Waals surface area contributed by atoms with Crippen molar-refractivity contribution in [3.05, 3.63) is 30.1 Å². The molecule has 1 N–H and O–H groups in total. The van der Waals surface area contributed by atoms with Gasteiger partial charge in [-0.25, -0.2) is 0 Å². The van der Waals surface area contributed by atoms with Gasteiger partial charge in [0.25, 0.3) is 0 Å². The van der Waals surface area contributed by atoms with E-state index in [0.29, 0.717) is 6.42 Å². The van der Waals surface area contributed by atoms with Crippen LogP contribution in [-0.4, -0.2) is 34.3 Å². The minimum atomic E-state index is -0.391. The minimum absolute atomic E-state index is 0.0143. The summed E-state index contributed by atoms with van der Waals surface area (Å²) in [6.07, 6.45) is 3.24. The standard InChI is InChI=1S/C14H19N3O2/c1-3-6-12-14(19)17(9-13(18)16-12)10(2)11-7-4-5-8-15-11/h4-5,7-8,10,12H,3,6,9H2,1-2H3,(H,16,18). The molecule has 2 atom stereocenters. The summed E-state index contributed by atoms with van der Waals surface area (Å²) in [6.45, 7) is 4.01. The quantitative estimate of drug-likeness (QED) is 0.887. The van der Waals surface area contributed by atoms with E-state index in [1.54, 1.807) is 11.1 Å². The second kappa shape index (κ2) is 5.82. The Morgan fingerprint density at radius 3 is 2.89 bits per heavy atom. The van der Waals surface area contributed by atoms with Crippen LogP contribution in [0.15, 0.2) is 24.4 Å². The van der Waals surface area contributed by atoms with Gasteiger partial charge in [-0.1, -0.05) is 19.4 Å². The van der Waals surface area contributed by atoms with E-state index in [1.807, 2.05) is 32.0 Å². The van der Waals surface area contributed by atoms with Gasteiger partial charge in [0.2, 0.25) is 11.8 Å². The molecule has 0 aliphatic carbocycles. The fraction of sp³-hybridized carbons (Fsp3) is 0.500. The average molecular weight is 261 g/mol. The molecule has 5 nitrogen and oxygen atoms in total. The molecule has 1 fully saturated rings. The molecule has 2 rings (SSSR count). The van der Waals surface area contributed by atoms with Crippen molar-refractivity contribution in [2.24, 2.45) is 0 Å². The van der Waals surface area contributed by atoms with Gasteiger partial charge in [0.15, 0.2) is 0 Å². The normalized spacial score (nSPS) is 21.2. The number of hydrogen-bond donors (Lipinski definition) is 1. The first-order valence-corrected chi connectivity index (χ1v) is 6.64. The molecule has 0 aromatic carbocycles. The number of nitrogens with one attached hydrogen (secondary N) is 1. The Hall–Kier alpha value is -1.91. The molecule has 1 saturated heterocycles. The van der Waals surface area contributed by atoms with Crippen molar-refractivity contribution in [1.29, 1.82) is 0 Å². The van der Waals surface area contributed by atoms with Crippen molar-refractivity contribution >= 4 is 11.8 Å². The minimum Gasteiger partial charge on any atom is -0.343 e. The van der Waals surface area contributed by atoms with Crippen molar-refractivity contribution in [2.45, 2.75) is 38.8 Å². The highest BCUT2D eigenvalue weighted by Crippen LogP contribution is 2.21. The maximum atomic E-state index is 12.4. The van der Waals surface area contributed by atoms with E-state index >= 15 is 0 Å².